The van der Waals surface area contributed by atoms with Crippen molar-refractivity contribution in [2.75, 3.05) is 13.1 Å². The molecule has 1 aromatic carbocycles. The van der Waals surface area contributed by atoms with Gasteiger partial charge >= 0.3 is 0 Å². The Labute approximate surface area is 133 Å². The Kier molecular flexibility index (Phi) is 4.42. The number of para-hydroxylation sites is 1. The fraction of sp³-hybridized carbons (Fsp3) is 0.467. The molecule has 3 rings (SSSR count). The van der Waals surface area contributed by atoms with Crippen LogP contribution in [-0.2, 0) is 4.79 Å². The first-order valence-corrected chi connectivity index (χ1v) is 8.34. The molecule has 1 saturated heterocycles. The minimum absolute atomic E-state index is 0.168. The summed E-state index contributed by atoms with van der Waals surface area (Å²) in [4.78, 5) is 14.3. The van der Waals surface area contributed by atoms with Gasteiger partial charge in [0, 0.05) is 13.1 Å². The van der Waals surface area contributed by atoms with Crippen molar-refractivity contribution >= 4 is 17.7 Å². The summed E-state index contributed by atoms with van der Waals surface area (Å²) in [7, 11) is 0. The molecule has 1 aliphatic heterocycles. The monoisotopic (exact) mass is 317 g/mol. The van der Waals surface area contributed by atoms with Gasteiger partial charge in [0.2, 0.25) is 11.1 Å². The highest BCUT2D eigenvalue weighted by Crippen LogP contribution is 2.26. The minimum atomic E-state index is -0.188. The van der Waals surface area contributed by atoms with E-state index in [4.69, 9.17) is 0 Å². The molecule has 1 amide bonds. The van der Waals surface area contributed by atoms with E-state index < -0.39 is 0 Å². The predicted molar refractivity (Wildman–Crippen MR) is 85.0 cm³/mol. The SMILES string of the molecule is Cc1ccccc1-n1nnnc1S[C@H](C)C(=O)N1CCCC1. The molecule has 0 saturated carbocycles. The third-order valence-electron chi connectivity index (χ3n) is 3.83. The van der Waals surface area contributed by atoms with Gasteiger partial charge in [0.25, 0.3) is 0 Å². The second kappa shape index (κ2) is 6.48. The Morgan fingerprint density at radius 2 is 2.00 bits per heavy atom. The van der Waals surface area contributed by atoms with Crippen molar-refractivity contribution in [1.29, 1.82) is 0 Å². The van der Waals surface area contributed by atoms with Crippen molar-refractivity contribution in [2.24, 2.45) is 0 Å². The molecule has 116 valence electrons. The molecule has 0 spiro atoms. The lowest BCUT2D eigenvalue weighted by atomic mass is 10.2. The number of rotatable bonds is 4. The fourth-order valence-corrected chi connectivity index (χ4v) is 3.49. The van der Waals surface area contributed by atoms with Gasteiger partial charge in [0.05, 0.1) is 10.9 Å². The number of thioether (sulfide) groups is 1. The van der Waals surface area contributed by atoms with Crippen molar-refractivity contribution in [3.8, 4) is 5.69 Å². The number of nitrogens with zero attached hydrogens (tertiary/aromatic N) is 5. The maximum absolute atomic E-state index is 12.4. The van der Waals surface area contributed by atoms with Gasteiger partial charge in [-0.15, -0.1) is 5.10 Å². The third-order valence-corrected chi connectivity index (χ3v) is 4.85. The second-order valence-corrected chi connectivity index (χ2v) is 6.76. The molecule has 22 heavy (non-hydrogen) atoms. The second-order valence-electron chi connectivity index (χ2n) is 5.45. The first-order valence-electron chi connectivity index (χ1n) is 7.46. The van der Waals surface area contributed by atoms with Gasteiger partial charge in [0.15, 0.2) is 0 Å². The maximum Gasteiger partial charge on any atom is 0.235 e. The number of hydrogen-bond donors (Lipinski definition) is 0. The molecule has 0 radical (unpaired) electrons. The maximum atomic E-state index is 12.4. The zero-order valence-corrected chi connectivity index (χ0v) is 13.6. The summed E-state index contributed by atoms with van der Waals surface area (Å²) in [5.41, 5.74) is 2.03. The summed E-state index contributed by atoms with van der Waals surface area (Å²) in [5.74, 6) is 0.168. The lowest BCUT2D eigenvalue weighted by Crippen LogP contribution is -2.34. The summed E-state index contributed by atoms with van der Waals surface area (Å²) in [6.07, 6.45) is 2.20. The Hall–Kier alpha value is -1.89. The molecule has 1 aliphatic rings. The quantitative estimate of drug-likeness (QED) is 0.808. The van der Waals surface area contributed by atoms with Gasteiger partial charge in [-0.2, -0.15) is 4.68 Å². The largest absolute Gasteiger partial charge is 0.342 e. The lowest BCUT2D eigenvalue weighted by molar-refractivity contribution is -0.129. The smallest absolute Gasteiger partial charge is 0.235 e. The first-order chi connectivity index (χ1) is 10.7. The van der Waals surface area contributed by atoms with Gasteiger partial charge in [0.1, 0.15) is 0 Å². The Morgan fingerprint density at radius 3 is 2.73 bits per heavy atom. The highest BCUT2D eigenvalue weighted by atomic mass is 32.2. The number of carbonyl (C=O) groups is 1. The molecule has 6 nitrogen and oxygen atoms in total. The van der Waals surface area contributed by atoms with Gasteiger partial charge in [-0.05, 0) is 48.7 Å². The minimum Gasteiger partial charge on any atom is -0.342 e. The molecule has 0 N–H and O–H groups in total. The van der Waals surface area contributed by atoms with E-state index in [1.807, 2.05) is 43.0 Å². The van der Waals surface area contributed by atoms with Gasteiger partial charge in [-0.1, -0.05) is 30.0 Å². The van der Waals surface area contributed by atoms with Crippen LogP contribution in [0.25, 0.3) is 5.69 Å². The van der Waals surface area contributed by atoms with Crippen molar-refractivity contribution in [1.82, 2.24) is 25.1 Å². The number of carbonyl (C=O) groups excluding carboxylic acids is 1. The van der Waals surface area contributed by atoms with E-state index >= 15 is 0 Å². The van der Waals surface area contributed by atoms with Crippen LogP contribution in [0.15, 0.2) is 29.4 Å². The number of likely N-dealkylation sites (tertiary alicyclic amines) is 1. The molecule has 0 aliphatic carbocycles. The van der Waals surface area contributed by atoms with Crippen LogP contribution >= 0.6 is 11.8 Å². The molecule has 1 fully saturated rings. The molecule has 0 bridgehead atoms. The van der Waals surface area contributed by atoms with Crippen molar-refractivity contribution in [3.63, 3.8) is 0 Å². The van der Waals surface area contributed by atoms with E-state index in [1.165, 1.54) is 11.8 Å². The standard InChI is InChI=1S/C15H19N5OS/c1-11-7-3-4-8-13(11)20-15(16-17-18-20)22-12(2)14(21)19-9-5-6-10-19/h3-4,7-8,12H,5-6,9-10H2,1-2H3/t12-/m1/s1. The fourth-order valence-electron chi connectivity index (χ4n) is 2.61. The van der Waals surface area contributed by atoms with Crippen molar-refractivity contribution < 1.29 is 4.79 Å². The van der Waals surface area contributed by atoms with Crippen LogP contribution in [0.5, 0.6) is 0 Å². The van der Waals surface area contributed by atoms with Crippen LogP contribution < -0.4 is 0 Å². The highest BCUT2D eigenvalue weighted by molar-refractivity contribution is 8.00. The molecular weight excluding hydrogens is 298 g/mol. The number of benzene rings is 1. The summed E-state index contributed by atoms with van der Waals surface area (Å²) in [6, 6.07) is 7.93. The third kappa shape index (κ3) is 2.99. The summed E-state index contributed by atoms with van der Waals surface area (Å²) in [5, 5.41) is 12.4. The molecule has 7 heteroatoms. The van der Waals surface area contributed by atoms with E-state index in [0.717, 1.165) is 37.2 Å². The first kappa shape index (κ1) is 15.0. The van der Waals surface area contributed by atoms with E-state index in [9.17, 15) is 4.79 Å². The average molecular weight is 317 g/mol. The van der Waals surface area contributed by atoms with Crippen LogP contribution in [0.3, 0.4) is 0 Å². The molecule has 2 heterocycles. The number of hydrogen-bond acceptors (Lipinski definition) is 5. The normalized spacial score (nSPS) is 16.0. The van der Waals surface area contributed by atoms with E-state index in [0.29, 0.717) is 5.16 Å². The Morgan fingerprint density at radius 1 is 1.27 bits per heavy atom. The molecular formula is C15H19N5OS. The van der Waals surface area contributed by atoms with Crippen LogP contribution in [0, 0.1) is 6.92 Å². The lowest BCUT2D eigenvalue weighted by Gasteiger charge is -2.19. The summed E-state index contributed by atoms with van der Waals surface area (Å²) < 4.78 is 1.70. The highest BCUT2D eigenvalue weighted by Gasteiger charge is 2.26. The zero-order chi connectivity index (χ0) is 15.5. The van der Waals surface area contributed by atoms with Crippen LogP contribution in [0.4, 0.5) is 0 Å². The molecule has 1 aromatic heterocycles. The van der Waals surface area contributed by atoms with E-state index in [1.54, 1.807) is 4.68 Å². The van der Waals surface area contributed by atoms with Gasteiger partial charge in [-0.3, -0.25) is 4.79 Å². The molecule has 0 unspecified atom stereocenters. The van der Waals surface area contributed by atoms with Crippen molar-refractivity contribution in [3.05, 3.63) is 29.8 Å². The summed E-state index contributed by atoms with van der Waals surface area (Å²) >= 11 is 1.41. The topological polar surface area (TPSA) is 63.9 Å². The Balaban J connectivity index is 1.78. The van der Waals surface area contributed by atoms with Crippen molar-refractivity contribution in [2.45, 2.75) is 37.1 Å². The van der Waals surface area contributed by atoms with Crippen LogP contribution in [-0.4, -0.2) is 49.4 Å². The number of aromatic nitrogens is 4. The number of tetrazole rings is 1. The molecule has 2 aromatic rings. The van der Waals surface area contributed by atoms with E-state index in [-0.39, 0.29) is 11.2 Å². The van der Waals surface area contributed by atoms with Gasteiger partial charge < -0.3 is 4.90 Å². The van der Waals surface area contributed by atoms with Crippen LogP contribution in [0.2, 0.25) is 0 Å². The number of aryl methyl sites for hydroxylation is 1. The summed E-state index contributed by atoms with van der Waals surface area (Å²) in [6.45, 7) is 5.67. The van der Waals surface area contributed by atoms with Crippen LogP contribution in [0.1, 0.15) is 25.3 Å². The predicted octanol–water partition coefficient (Wildman–Crippen LogP) is 2.07. The zero-order valence-electron chi connectivity index (χ0n) is 12.8. The molecule has 1 atom stereocenters. The average Bonchev–Trinajstić information content (AvgIpc) is 3.18. The number of amides is 1. The van der Waals surface area contributed by atoms with E-state index in [2.05, 4.69) is 15.5 Å². The Bertz CT molecular complexity index is 665. The van der Waals surface area contributed by atoms with Gasteiger partial charge in [-0.25, -0.2) is 0 Å².